The van der Waals surface area contributed by atoms with Crippen molar-refractivity contribution < 1.29 is 14.3 Å². The van der Waals surface area contributed by atoms with Crippen LogP contribution in [0.15, 0.2) is 48.5 Å². The normalized spacial score (nSPS) is 11.6. The van der Waals surface area contributed by atoms with E-state index in [9.17, 15) is 9.59 Å². The molecule has 0 aliphatic carbocycles. The number of carbonyl (C=O) groups excluding carboxylic acids is 2. The van der Waals surface area contributed by atoms with Crippen molar-refractivity contribution in [3.8, 4) is 11.5 Å². The van der Waals surface area contributed by atoms with Crippen molar-refractivity contribution in [3.05, 3.63) is 54.1 Å². The van der Waals surface area contributed by atoms with Gasteiger partial charge in [-0.15, -0.1) is 0 Å². The fourth-order valence-corrected chi connectivity index (χ4v) is 1.97. The standard InChI is InChI=1S/C18H20N2O3/c1-3-17(19)18(22)20-14-7-5-9-16(11-14)23-15-8-4-6-13(10-15)12(2)21/h4-11,17H,3,19H2,1-2H3,(H,20,22). The lowest BCUT2D eigenvalue weighted by molar-refractivity contribution is -0.117. The first-order valence-corrected chi connectivity index (χ1v) is 7.45. The van der Waals surface area contributed by atoms with Crippen molar-refractivity contribution in [1.82, 2.24) is 0 Å². The summed E-state index contributed by atoms with van der Waals surface area (Å²) in [6.07, 6.45) is 0.569. The summed E-state index contributed by atoms with van der Waals surface area (Å²) < 4.78 is 5.74. The number of benzene rings is 2. The van der Waals surface area contributed by atoms with Gasteiger partial charge < -0.3 is 15.8 Å². The second-order valence-electron chi connectivity index (χ2n) is 5.22. The van der Waals surface area contributed by atoms with Gasteiger partial charge in [0.05, 0.1) is 6.04 Å². The second kappa shape index (κ2) is 7.56. The molecule has 0 radical (unpaired) electrons. The van der Waals surface area contributed by atoms with Gasteiger partial charge in [0.1, 0.15) is 11.5 Å². The molecular weight excluding hydrogens is 292 g/mol. The molecule has 5 nitrogen and oxygen atoms in total. The predicted molar refractivity (Wildman–Crippen MR) is 89.9 cm³/mol. The summed E-state index contributed by atoms with van der Waals surface area (Å²) in [4.78, 5) is 23.2. The van der Waals surface area contributed by atoms with E-state index in [0.29, 0.717) is 29.2 Å². The number of amides is 1. The number of carbonyl (C=O) groups is 2. The van der Waals surface area contributed by atoms with E-state index in [2.05, 4.69) is 5.32 Å². The van der Waals surface area contributed by atoms with Gasteiger partial charge in [-0.25, -0.2) is 0 Å². The summed E-state index contributed by atoms with van der Waals surface area (Å²) in [7, 11) is 0. The minimum Gasteiger partial charge on any atom is -0.457 e. The monoisotopic (exact) mass is 312 g/mol. The van der Waals surface area contributed by atoms with E-state index in [1.54, 1.807) is 48.5 Å². The number of anilines is 1. The highest BCUT2D eigenvalue weighted by Gasteiger charge is 2.11. The van der Waals surface area contributed by atoms with E-state index >= 15 is 0 Å². The molecule has 0 aliphatic rings. The van der Waals surface area contributed by atoms with E-state index in [1.165, 1.54) is 6.92 Å². The summed E-state index contributed by atoms with van der Waals surface area (Å²) in [5.41, 5.74) is 6.89. The molecule has 2 aromatic carbocycles. The van der Waals surface area contributed by atoms with E-state index in [-0.39, 0.29) is 11.7 Å². The van der Waals surface area contributed by atoms with Crippen LogP contribution >= 0.6 is 0 Å². The number of hydrogen-bond donors (Lipinski definition) is 2. The average Bonchev–Trinajstić information content (AvgIpc) is 2.54. The summed E-state index contributed by atoms with van der Waals surface area (Å²) in [5, 5.41) is 2.75. The zero-order valence-electron chi connectivity index (χ0n) is 13.2. The van der Waals surface area contributed by atoms with E-state index < -0.39 is 6.04 Å². The number of nitrogens with one attached hydrogen (secondary N) is 1. The number of hydrogen-bond acceptors (Lipinski definition) is 4. The maximum absolute atomic E-state index is 11.8. The third-order valence-corrected chi connectivity index (χ3v) is 3.35. The van der Waals surface area contributed by atoms with Gasteiger partial charge in [0.25, 0.3) is 0 Å². The zero-order valence-corrected chi connectivity index (χ0v) is 13.2. The minimum absolute atomic E-state index is 0.0231. The maximum Gasteiger partial charge on any atom is 0.241 e. The highest BCUT2D eigenvalue weighted by atomic mass is 16.5. The number of Topliss-reactive ketones (excluding diaryl/α,β-unsaturated/α-hetero) is 1. The van der Waals surface area contributed by atoms with Gasteiger partial charge in [-0.1, -0.05) is 25.1 Å². The lowest BCUT2D eigenvalue weighted by Gasteiger charge is -2.12. The van der Waals surface area contributed by atoms with Crippen LogP contribution < -0.4 is 15.8 Å². The third-order valence-electron chi connectivity index (χ3n) is 3.35. The zero-order chi connectivity index (χ0) is 16.8. The first-order chi connectivity index (χ1) is 11.0. The van der Waals surface area contributed by atoms with E-state index in [0.717, 1.165) is 0 Å². The maximum atomic E-state index is 11.8. The molecule has 0 aromatic heterocycles. The van der Waals surface area contributed by atoms with Gasteiger partial charge >= 0.3 is 0 Å². The Bertz CT molecular complexity index is 713. The Morgan fingerprint density at radius 3 is 2.43 bits per heavy atom. The van der Waals surface area contributed by atoms with Crippen LogP contribution in [0.4, 0.5) is 5.69 Å². The van der Waals surface area contributed by atoms with Crippen LogP contribution in [0.25, 0.3) is 0 Å². The number of ketones is 1. The molecule has 0 spiro atoms. The Kier molecular flexibility index (Phi) is 5.49. The largest absolute Gasteiger partial charge is 0.457 e. The molecular formula is C18H20N2O3. The van der Waals surface area contributed by atoms with E-state index in [4.69, 9.17) is 10.5 Å². The van der Waals surface area contributed by atoms with Crippen LogP contribution in [0, 0.1) is 0 Å². The molecule has 1 atom stereocenters. The van der Waals surface area contributed by atoms with Crippen molar-refractivity contribution in [2.45, 2.75) is 26.3 Å². The average molecular weight is 312 g/mol. The van der Waals surface area contributed by atoms with Crippen LogP contribution in [0.1, 0.15) is 30.6 Å². The molecule has 0 aliphatic heterocycles. The Balaban J connectivity index is 2.12. The molecule has 0 bridgehead atoms. The highest BCUT2D eigenvalue weighted by Crippen LogP contribution is 2.25. The first kappa shape index (κ1) is 16.7. The van der Waals surface area contributed by atoms with Gasteiger partial charge in [0, 0.05) is 17.3 Å². The molecule has 2 aromatic rings. The Morgan fingerprint density at radius 1 is 1.13 bits per heavy atom. The lowest BCUT2D eigenvalue weighted by Crippen LogP contribution is -2.34. The van der Waals surface area contributed by atoms with Crippen molar-refractivity contribution in [1.29, 1.82) is 0 Å². The van der Waals surface area contributed by atoms with Gasteiger partial charge in [-0.05, 0) is 37.6 Å². The molecule has 120 valence electrons. The fraction of sp³-hybridized carbons (Fsp3) is 0.222. The molecule has 1 unspecified atom stereocenters. The molecule has 0 fully saturated rings. The number of rotatable bonds is 6. The number of ether oxygens (including phenoxy) is 1. The molecule has 5 heteroatoms. The van der Waals surface area contributed by atoms with Gasteiger partial charge in [0.2, 0.25) is 5.91 Å². The highest BCUT2D eigenvalue weighted by molar-refractivity contribution is 5.95. The Morgan fingerprint density at radius 2 is 1.78 bits per heavy atom. The molecule has 0 saturated carbocycles. The Hall–Kier alpha value is -2.66. The quantitative estimate of drug-likeness (QED) is 0.801. The lowest BCUT2D eigenvalue weighted by atomic mass is 10.1. The van der Waals surface area contributed by atoms with Crippen LogP contribution in [0.5, 0.6) is 11.5 Å². The van der Waals surface area contributed by atoms with Crippen LogP contribution in [0.3, 0.4) is 0 Å². The number of nitrogens with two attached hydrogens (primary N) is 1. The van der Waals surface area contributed by atoms with Gasteiger partial charge in [0.15, 0.2) is 5.78 Å². The first-order valence-electron chi connectivity index (χ1n) is 7.45. The van der Waals surface area contributed by atoms with Gasteiger partial charge in [-0.3, -0.25) is 9.59 Å². The van der Waals surface area contributed by atoms with Gasteiger partial charge in [-0.2, -0.15) is 0 Å². The fourth-order valence-electron chi connectivity index (χ4n) is 1.97. The van der Waals surface area contributed by atoms with Crippen molar-refractivity contribution in [3.63, 3.8) is 0 Å². The van der Waals surface area contributed by atoms with Crippen molar-refractivity contribution in [2.24, 2.45) is 5.73 Å². The SMILES string of the molecule is CCC(N)C(=O)Nc1cccc(Oc2cccc(C(C)=O)c2)c1. The Labute approximate surface area is 135 Å². The second-order valence-corrected chi connectivity index (χ2v) is 5.22. The minimum atomic E-state index is -0.535. The van der Waals surface area contributed by atoms with E-state index in [1.807, 2.05) is 6.92 Å². The summed E-state index contributed by atoms with van der Waals surface area (Å²) in [5.74, 6) is 0.869. The molecule has 0 saturated heterocycles. The van der Waals surface area contributed by atoms with Crippen molar-refractivity contribution >= 4 is 17.4 Å². The van der Waals surface area contributed by atoms with Crippen molar-refractivity contribution in [2.75, 3.05) is 5.32 Å². The van der Waals surface area contributed by atoms with Crippen LogP contribution in [-0.4, -0.2) is 17.7 Å². The summed E-state index contributed by atoms with van der Waals surface area (Å²) >= 11 is 0. The topological polar surface area (TPSA) is 81.4 Å². The molecule has 23 heavy (non-hydrogen) atoms. The molecule has 1 amide bonds. The molecule has 3 N–H and O–H groups in total. The summed E-state index contributed by atoms with van der Waals surface area (Å²) in [6, 6.07) is 13.4. The van der Waals surface area contributed by atoms with Crippen LogP contribution in [-0.2, 0) is 4.79 Å². The molecule has 0 heterocycles. The van der Waals surface area contributed by atoms with Crippen LogP contribution in [0.2, 0.25) is 0 Å². The summed E-state index contributed by atoms with van der Waals surface area (Å²) in [6.45, 7) is 3.36. The molecule has 2 rings (SSSR count). The third kappa shape index (κ3) is 4.66. The predicted octanol–water partition coefficient (Wildman–Crippen LogP) is 3.36. The smallest absolute Gasteiger partial charge is 0.241 e.